The Morgan fingerprint density at radius 3 is 2.67 bits per heavy atom. The zero-order chi connectivity index (χ0) is 14.9. The summed E-state index contributed by atoms with van der Waals surface area (Å²) in [4.78, 5) is 12.7. The molecule has 1 unspecified atom stereocenters. The van der Waals surface area contributed by atoms with Crippen molar-refractivity contribution in [1.29, 1.82) is 0 Å². The molecule has 2 aliphatic rings. The van der Waals surface area contributed by atoms with Crippen molar-refractivity contribution in [1.82, 2.24) is 10.6 Å². The van der Waals surface area contributed by atoms with E-state index < -0.39 is 5.41 Å². The molecule has 5 heteroatoms. The Hall–Kier alpha value is -0.770. The quantitative estimate of drug-likeness (QED) is 0.891. The van der Waals surface area contributed by atoms with Crippen LogP contribution in [0.25, 0.3) is 0 Å². The number of hydrogen-bond acceptors (Lipinski definition) is 2. The van der Waals surface area contributed by atoms with Crippen molar-refractivity contribution >= 4 is 29.1 Å². The van der Waals surface area contributed by atoms with Crippen LogP contribution in [0.1, 0.15) is 37.7 Å². The molecule has 1 aliphatic carbocycles. The summed E-state index contributed by atoms with van der Waals surface area (Å²) in [6, 6.07) is 5.97. The third kappa shape index (κ3) is 2.92. The number of halogens is 2. The molecule has 1 aliphatic heterocycles. The molecule has 0 aromatic heterocycles. The van der Waals surface area contributed by atoms with Crippen LogP contribution in [0.3, 0.4) is 0 Å². The largest absolute Gasteiger partial charge is 0.354 e. The molecule has 1 atom stereocenters. The first-order chi connectivity index (χ1) is 10.1. The van der Waals surface area contributed by atoms with Crippen molar-refractivity contribution in [2.75, 3.05) is 13.1 Å². The zero-order valence-electron chi connectivity index (χ0n) is 11.9. The van der Waals surface area contributed by atoms with Gasteiger partial charge in [0.25, 0.3) is 0 Å². The summed E-state index contributed by atoms with van der Waals surface area (Å²) in [6.45, 7) is 1.76. The van der Waals surface area contributed by atoms with E-state index in [1.165, 1.54) is 6.42 Å². The Morgan fingerprint density at radius 1 is 1.29 bits per heavy atom. The molecule has 3 rings (SSSR count). The van der Waals surface area contributed by atoms with Crippen molar-refractivity contribution in [2.45, 2.75) is 43.6 Å². The SMILES string of the molecule is O=C(NCC1CCCN1)C1(c2ccc(Cl)c(Cl)c2)CCC1. The topological polar surface area (TPSA) is 41.1 Å². The van der Waals surface area contributed by atoms with Gasteiger partial charge in [-0.2, -0.15) is 0 Å². The molecule has 2 N–H and O–H groups in total. The van der Waals surface area contributed by atoms with E-state index in [9.17, 15) is 4.79 Å². The fourth-order valence-corrected chi connectivity index (χ4v) is 3.59. The van der Waals surface area contributed by atoms with E-state index >= 15 is 0 Å². The first-order valence-electron chi connectivity index (χ1n) is 7.59. The van der Waals surface area contributed by atoms with Crippen molar-refractivity contribution < 1.29 is 4.79 Å². The first kappa shape index (κ1) is 15.1. The van der Waals surface area contributed by atoms with Crippen LogP contribution in [-0.4, -0.2) is 25.0 Å². The van der Waals surface area contributed by atoms with Gasteiger partial charge in [0.05, 0.1) is 15.5 Å². The number of rotatable bonds is 4. The maximum absolute atomic E-state index is 12.7. The molecule has 3 nitrogen and oxygen atoms in total. The maximum Gasteiger partial charge on any atom is 0.230 e. The molecule has 1 saturated heterocycles. The van der Waals surface area contributed by atoms with Gasteiger partial charge >= 0.3 is 0 Å². The van der Waals surface area contributed by atoms with Gasteiger partial charge in [0, 0.05) is 12.6 Å². The lowest BCUT2D eigenvalue weighted by Crippen LogP contribution is -2.51. The molecule has 1 amide bonds. The molecule has 1 saturated carbocycles. The van der Waals surface area contributed by atoms with Crippen LogP contribution in [0.15, 0.2) is 18.2 Å². The molecule has 1 aromatic rings. The minimum Gasteiger partial charge on any atom is -0.354 e. The van der Waals surface area contributed by atoms with E-state index in [-0.39, 0.29) is 5.91 Å². The molecule has 0 bridgehead atoms. The molecule has 0 spiro atoms. The Kier molecular flexibility index (Phi) is 4.43. The third-order valence-electron chi connectivity index (χ3n) is 4.79. The van der Waals surface area contributed by atoms with Gasteiger partial charge in [-0.05, 0) is 49.9 Å². The van der Waals surface area contributed by atoms with Gasteiger partial charge in [0.1, 0.15) is 0 Å². The smallest absolute Gasteiger partial charge is 0.230 e. The maximum atomic E-state index is 12.7. The number of nitrogens with one attached hydrogen (secondary N) is 2. The van der Waals surface area contributed by atoms with Gasteiger partial charge in [0.2, 0.25) is 5.91 Å². The van der Waals surface area contributed by atoms with Gasteiger partial charge in [-0.25, -0.2) is 0 Å². The Balaban J connectivity index is 1.72. The second-order valence-electron chi connectivity index (χ2n) is 6.07. The number of carbonyl (C=O) groups excluding carboxylic acids is 1. The predicted molar refractivity (Wildman–Crippen MR) is 86.0 cm³/mol. The third-order valence-corrected chi connectivity index (χ3v) is 5.52. The van der Waals surface area contributed by atoms with Crippen LogP contribution in [0.2, 0.25) is 10.0 Å². The van der Waals surface area contributed by atoms with Gasteiger partial charge < -0.3 is 10.6 Å². The molecule has 0 radical (unpaired) electrons. The second kappa shape index (κ2) is 6.15. The second-order valence-corrected chi connectivity index (χ2v) is 6.88. The highest BCUT2D eigenvalue weighted by Gasteiger charge is 2.45. The number of amides is 1. The van der Waals surface area contributed by atoms with Crippen LogP contribution in [-0.2, 0) is 10.2 Å². The Labute approximate surface area is 135 Å². The molecular formula is C16H20Cl2N2O. The van der Waals surface area contributed by atoms with Crippen LogP contribution >= 0.6 is 23.2 Å². The Morgan fingerprint density at radius 2 is 2.10 bits per heavy atom. The number of benzene rings is 1. The van der Waals surface area contributed by atoms with E-state index in [0.717, 1.165) is 37.8 Å². The zero-order valence-corrected chi connectivity index (χ0v) is 13.4. The number of hydrogen-bond donors (Lipinski definition) is 2. The van der Waals surface area contributed by atoms with Crippen molar-refractivity contribution in [3.8, 4) is 0 Å². The van der Waals surface area contributed by atoms with Crippen molar-refractivity contribution in [3.05, 3.63) is 33.8 Å². The van der Waals surface area contributed by atoms with Crippen LogP contribution in [0.4, 0.5) is 0 Å². The van der Waals surface area contributed by atoms with Crippen LogP contribution in [0.5, 0.6) is 0 Å². The number of carbonyl (C=O) groups is 1. The Bertz CT molecular complexity index is 537. The fourth-order valence-electron chi connectivity index (χ4n) is 3.29. The van der Waals surface area contributed by atoms with E-state index in [1.807, 2.05) is 12.1 Å². The lowest BCUT2D eigenvalue weighted by molar-refractivity contribution is -0.130. The summed E-state index contributed by atoms with van der Waals surface area (Å²) >= 11 is 12.1. The molecule has 21 heavy (non-hydrogen) atoms. The molecule has 2 fully saturated rings. The van der Waals surface area contributed by atoms with Gasteiger partial charge in [0.15, 0.2) is 0 Å². The fraction of sp³-hybridized carbons (Fsp3) is 0.562. The summed E-state index contributed by atoms with van der Waals surface area (Å²) in [7, 11) is 0. The normalized spacial score (nSPS) is 23.6. The standard InChI is InChI=1S/C16H20Cl2N2O/c17-13-5-4-11(9-14(13)18)16(6-2-7-16)15(21)20-10-12-3-1-8-19-12/h4-5,9,12,19H,1-3,6-8,10H2,(H,20,21). The van der Waals surface area contributed by atoms with E-state index in [4.69, 9.17) is 23.2 Å². The van der Waals surface area contributed by atoms with E-state index in [0.29, 0.717) is 22.6 Å². The average Bonchev–Trinajstić information content (AvgIpc) is 2.92. The lowest BCUT2D eigenvalue weighted by Gasteiger charge is -2.41. The predicted octanol–water partition coefficient (Wildman–Crippen LogP) is 3.28. The average molecular weight is 327 g/mol. The minimum absolute atomic E-state index is 0.126. The monoisotopic (exact) mass is 326 g/mol. The van der Waals surface area contributed by atoms with Crippen molar-refractivity contribution in [3.63, 3.8) is 0 Å². The van der Waals surface area contributed by atoms with E-state index in [1.54, 1.807) is 6.07 Å². The van der Waals surface area contributed by atoms with Crippen LogP contribution in [0, 0.1) is 0 Å². The molecule has 114 valence electrons. The molecule has 1 heterocycles. The summed E-state index contributed by atoms with van der Waals surface area (Å²) in [5.41, 5.74) is 0.576. The van der Waals surface area contributed by atoms with Gasteiger partial charge in [-0.3, -0.25) is 4.79 Å². The highest BCUT2D eigenvalue weighted by Crippen LogP contribution is 2.45. The van der Waals surface area contributed by atoms with Crippen LogP contribution < -0.4 is 10.6 Å². The van der Waals surface area contributed by atoms with Gasteiger partial charge in [-0.15, -0.1) is 0 Å². The minimum atomic E-state index is -0.410. The van der Waals surface area contributed by atoms with Gasteiger partial charge in [-0.1, -0.05) is 35.7 Å². The lowest BCUT2D eigenvalue weighted by atomic mass is 9.64. The van der Waals surface area contributed by atoms with Crippen molar-refractivity contribution in [2.24, 2.45) is 0 Å². The molecule has 1 aromatic carbocycles. The molecular weight excluding hydrogens is 307 g/mol. The highest BCUT2D eigenvalue weighted by molar-refractivity contribution is 6.42. The summed E-state index contributed by atoms with van der Waals surface area (Å²) in [5.74, 6) is 0.126. The van der Waals surface area contributed by atoms with E-state index in [2.05, 4.69) is 10.6 Å². The summed E-state index contributed by atoms with van der Waals surface area (Å²) in [5, 5.41) is 7.58. The first-order valence-corrected chi connectivity index (χ1v) is 8.35. The summed E-state index contributed by atoms with van der Waals surface area (Å²) in [6.07, 6.45) is 5.18. The summed E-state index contributed by atoms with van der Waals surface area (Å²) < 4.78 is 0. The highest BCUT2D eigenvalue weighted by atomic mass is 35.5.